The van der Waals surface area contributed by atoms with Gasteiger partial charge < -0.3 is 5.32 Å². The summed E-state index contributed by atoms with van der Waals surface area (Å²) in [4.78, 5) is 50.6. The molecule has 0 bridgehead atoms. The molecular weight excluding hydrogens is 424 g/mol. The van der Waals surface area contributed by atoms with Gasteiger partial charge >= 0.3 is 17.8 Å². The van der Waals surface area contributed by atoms with Gasteiger partial charge in [0.05, 0.1) is 4.90 Å². The fourth-order valence-electron chi connectivity index (χ4n) is 3.80. The van der Waals surface area contributed by atoms with Crippen molar-refractivity contribution >= 4 is 39.5 Å². The molecule has 2 heterocycles. The Morgan fingerprint density at radius 1 is 1.06 bits per heavy atom. The lowest BCUT2D eigenvalue weighted by molar-refractivity contribution is -0.143. The molecule has 11 heteroatoms. The first kappa shape index (κ1) is 21.4. The third kappa shape index (κ3) is 4.07. The van der Waals surface area contributed by atoms with Gasteiger partial charge in [0, 0.05) is 24.8 Å². The van der Waals surface area contributed by atoms with Crippen molar-refractivity contribution in [2.75, 3.05) is 25.0 Å². The van der Waals surface area contributed by atoms with Crippen LogP contribution in [0.25, 0.3) is 0 Å². The van der Waals surface area contributed by atoms with Crippen molar-refractivity contribution in [2.45, 2.75) is 50.0 Å². The minimum absolute atomic E-state index is 0.0683. The average molecular weight is 449 g/mol. The monoisotopic (exact) mass is 448 g/mol. The van der Waals surface area contributed by atoms with Gasteiger partial charge in [0.15, 0.2) is 0 Å². The van der Waals surface area contributed by atoms with Gasteiger partial charge in [-0.2, -0.15) is 4.31 Å². The third-order valence-electron chi connectivity index (χ3n) is 5.73. The molecule has 3 fully saturated rings. The lowest BCUT2D eigenvalue weighted by Gasteiger charge is -2.26. The van der Waals surface area contributed by atoms with Crippen LogP contribution in [-0.2, 0) is 24.4 Å². The number of aryl methyl sites for hydroxylation is 1. The van der Waals surface area contributed by atoms with E-state index in [0.29, 0.717) is 36.4 Å². The number of anilines is 1. The third-order valence-corrected chi connectivity index (χ3v) is 7.63. The van der Waals surface area contributed by atoms with Crippen molar-refractivity contribution in [1.29, 1.82) is 0 Å². The molecule has 1 saturated carbocycles. The molecule has 3 aliphatic rings. The van der Waals surface area contributed by atoms with E-state index >= 15 is 0 Å². The first-order chi connectivity index (χ1) is 14.7. The summed E-state index contributed by atoms with van der Waals surface area (Å²) < 4.78 is 27.3. The highest BCUT2D eigenvalue weighted by Crippen LogP contribution is 2.31. The number of sulfonamides is 1. The molecule has 5 amide bonds. The summed E-state index contributed by atoms with van der Waals surface area (Å²) >= 11 is 0. The van der Waals surface area contributed by atoms with Crippen molar-refractivity contribution < 1.29 is 27.6 Å². The van der Waals surface area contributed by atoms with Crippen LogP contribution in [0.1, 0.15) is 37.7 Å². The number of benzene rings is 1. The molecule has 0 atom stereocenters. The highest BCUT2D eigenvalue weighted by Gasteiger charge is 2.51. The van der Waals surface area contributed by atoms with Crippen molar-refractivity contribution in [3.63, 3.8) is 0 Å². The second-order valence-electron chi connectivity index (χ2n) is 8.07. The van der Waals surface area contributed by atoms with E-state index in [2.05, 4.69) is 5.32 Å². The molecule has 0 radical (unpaired) electrons. The molecule has 0 unspecified atom stereocenters. The molecular formula is C20H24N4O6S. The van der Waals surface area contributed by atoms with Gasteiger partial charge in [-0.1, -0.05) is 12.5 Å². The standard InChI is InChI=1S/C20H24N4O6S/c1-13-5-8-15(31(29,30)22-9-3-2-4-10-22)11-16(13)21-17(25)12-23-18(26)19(27)24(20(23)28)14-6-7-14/h5,8,11,14H,2-4,6-7,9-10,12H2,1H3,(H,21,25). The number of nitrogens with zero attached hydrogens (tertiary/aromatic N) is 3. The SMILES string of the molecule is Cc1ccc(S(=O)(=O)N2CCCCC2)cc1NC(=O)CN1C(=O)C(=O)N(C2CC2)C1=O. The molecule has 1 aliphatic carbocycles. The Bertz CT molecular complexity index is 1060. The maximum absolute atomic E-state index is 12.9. The van der Waals surface area contributed by atoms with E-state index in [-0.39, 0.29) is 16.6 Å². The topological polar surface area (TPSA) is 124 Å². The first-order valence-electron chi connectivity index (χ1n) is 10.3. The van der Waals surface area contributed by atoms with Crippen molar-refractivity contribution in [3.8, 4) is 0 Å². The van der Waals surface area contributed by atoms with Gasteiger partial charge in [-0.15, -0.1) is 0 Å². The van der Waals surface area contributed by atoms with E-state index in [1.807, 2.05) is 0 Å². The summed E-state index contributed by atoms with van der Waals surface area (Å²) in [5, 5.41) is 2.57. The van der Waals surface area contributed by atoms with Gasteiger partial charge in [0.25, 0.3) is 0 Å². The maximum Gasteiger partial charge on any atom is 0.334 e. The fraction of sp³-hybridized carbons (Fsp3) is 0.500. The normalized spacial score (nSPS) is 20.5. The second-order valence-corrected chi connectivity index (χ2v) is 10.0. The van der Waals surface area contributed by atoms with Crippen molar-refractivity contribution in [3.05, 3.63) is 23.8 Å². The maximum atomic E-state index is 12.9. The summed E-state index contributed by atoms with van der Waals surface area (Å²) in [6, 6.07) is 3.42. The second kappa shape index (κ2) is 8.04. The predicted octanol–water partition coefficient (Wildman–Crippen LogP) is 1.06. The average Bonchev–Trinajstić information content (AvgIpc) is 3.55. The van der Waals surface area contributed by atoms with E-state index < -0.39 is 40.3 Å². The molecule has 2 saturated heterocycles. The van der Waals surface area contributed by atoms with E-state index in [1.54, 1.807) is 13.0 Å². The van der Waals surface area contributed by atoms with E-state index in [0.717, 1.165) is 24.2 Å². The summed E-state index contributed by atoms with van der Waals surface area (Å²) in [6.45, 7) is 2.01. The van der Waals surface area contributed by atoms with Crippen molar-refractivity contribution in [1.82, 2.24) is 14.1 Å². The zero-order chi connectivity index (χ0) is 22.3. The Balaban J connectivity index is 1.48. The first-order valence-corrected chi connectivity index (χ1v) is 11.7. The quantitative estimate of drug-likeness (QED) is 0.513. The van der Waals surface area contributed by atoms with Crippen LogP contribution in [-0.4, -0.2) is 72.0 Å². The van der Waals surface area contributed by atoms with Gasteiger partial charge in [-0.25, -0.2) is 18.1 Å². The molecule has 10 nitrogen and oxygen atoms in total. The van der Waals surface area contributed by atoms with E-state index in [4.69, 9.17) is 0 Å². The molecule has 166 valence electrons. The molecule has 31 heavy (non-hydrogen) atoms. The zero-order valence-corrected chi connectivity index (χ0v) is 18.0. The Kier molecular flexibility index (Phi) is 5.56. The highest BCUT2D eigenvalue weighted by atomic mass is 32.2. The van der Waals surface area contributed by atoms with Crippen LogP contribution in [0.4, 0.5) is 10.5 Å². The van der Waals surface area contributed by atoms with Crippen LogP contribution >= 0.6 is 0 Å². The highest BCUT2D eigenvalue weighted by molar-refractivity contribution is 7.89. The zero-order valence-electron chi connectivity index (χ0n) is 17.2. The number of piperidine rings is 1. The fourth-order valence-corrected chi connectivity index (χ4v) is 5.34. The summed E-state index contributed by atoms with van der Waals surface area (Å²) in [7, 11) is -3.68. The number of amides is 5. The Morgan fingerprint density at radius 2 is 1.74 bits per heavy atom. The predicted molar refractivity (Wildman–Crippen MR) is 109 cm³/mol. The molecule has 2 aliphatic heterocycles. The van der Waals surface area contributed by atoms with Gasteiger partial charge in [-0.3, -0.25) is 19.3 Å². The molecule has 1 aromatic carbocycles. The Morgan fingerprint density at radius 3 is 2.39 bits per heavy atom. The minimum atomic E-state index is -3.68. The lowest BCUT2D eigenvalue weighted by Crippen LogP contribution is -2.39. The number of carbonyl (C=O) groups is 4. The number of nitrogens with one attached hydrogen (secondary N) is 1. The molecule has 0 aromatic heterocycles. The van der Waals surface area contributed by atoms with Crippen LogP contribution in [0, 0.1) is 6.92 Å². The van der Waals surface area contributed by atoms with Gasteiger partial charge in [-0.05, 0) is 50.3 Å². The minimum Gasteiger partial charge on any atom is -0.324 e. The number of hydrogen-bond acceptors (Lipinski definition) is 6. The Hall–Kier alpha value is -2.79. The van der Waals surface area contributed by atoms with Crippen LogP contribution in [0.15, 0.2) is 23.1 Å². The largest absolute Gasteiger partial charge is 0.334 e. The summed E-state index contributed by atoms with van der Waals surface area (Å²) in [5.41, 5.74) is 0.897. The smallest absolute Gasteiger partial charge is 0.324 e. The number of rotatable bonds is 6. The van der Waals surface area contributed by atoms with Crippen LogP contribution in [0.5, 0.6) is 0 Å². The molecule has 1 aromatic rings. The summed E-state index contributed by atoms with van der Waals surface area (Å²) in [6.07, 6.45) is 3.92. The van der Waals surface area contributed by atoms with E-state index in [9.17, 15) is 27.6 Å². The van der Waals surface area contributed by atoms with Gasteiger partial charge in [0.1, 0.15) is 6.54 Å². The molecule has 4 rings (SSSR count). The van der Waals surface area contributed by atoms with Crippen LogP contribution in [0.2, 0.25) is 0 Å². The Labute approximate surface area is 180 Å². The molecule has 0 spiro atoms. The van der Waals surface area contributed by atoms with E-state index in [1.165, 1.54) is 16.4 Å². The number of carbonyl (C=O) groups excluding carboxylic acids is 4. The lowest BCUT2D eigenvalue weighted by atomic mass is 10.2. The number of hydrogen-bond donors (Lipinski definition) is 1. The summed E-state index contributed by atoms with van der Waals surface area (Å²) in [5.74, 6) is -2.63. The molecule has 1 N–H and O–H groups in total. The van der Waals surface area contributed by atoms with Crippen molar-refractivity contribution in [2.24, 2.45) is 0 Å². The number of urea groups is 1. The van der Waals surface area contributed by atoms with Gasteiger partial charge in [0.2, 0.25) is 15.9 Å². The van der Waals surface area contributed by atoms with Crippen LogP contribution < -0.4 is 5.32 Å². The number of imide groups is 2. The van der Waals surface area contributed by atoms with Crippen LogP contribution in [0.3, 0.4) is 0 Å².